The minimum Gasteiger partial charge on any atom is -0.451 e. The van der Waals surface area contributed by atoms with Crippen LogP contribution in [0.3, 0.4) is 0 Å². The minimum absolute atomic E-state index is 0.0715. The van der Waals surface area contributed by atoms with E-state index in [2.05, 4.69) is 5.32 Å². The van der Waals surface area contributed by atoms with Crippen LogP contribution in [0.5, 0.6) is 0 Å². The van der Waals surface area contributed by atoms with E-state index in [-0.39, 0.29) is 19.0 Å². The number of sulfonamides is 1. The molecule has 0 saturated carbocycles. The maximum atomic E-state index is 14.1. The molecule has 0 bridgehead atoms. The zero-order valence-electron chi connectivity index (χ0n) is 17.3. The second kappa shape index (κ2) is 9.57. The highest BCUT2D eigenvalue weighted by Gasteiger charge is 2.42. The Morgan fingerprint density at radius 1 is 1.10 bits per heavy atom. The molecule has 0 spiro atoms. The third-order valence-corrected chi connectivity index (χ3v) is 7.16. The summed E-state index contributed by atoms with van der Waals surface area (Å²) in [5.41, 5.74) is 0.896. The zero-order chi connectivity index (χ0) is 22.6. The van der Waals surface area contributed by atoms with E-state index in [1.54, 1.807) is 0 Å². The van der Waals surface area contributed by atoms with Crippen molar-refractivity contribution >= 4 is 21.9 Å². The van der Waals surface area contributed by atoms with Crippen molar-refractivity contribution in [1.29, 1.82) is 0 Å². The Bertz CT molecular complexity index is 1040. The first-order valence-corrected chi connectivity index (χ1v) is 11.5. The Kier molecular flexibility index (Phi) is 7.07. The first-order valence-electron chi connectivity index (χ1n) is 10.0. The molecule has 0 aromatic heterocycles. The Hall–Kier alpha value is -2.78. The van der Waals surface area contributed by atoms with Crippen LogP contribution in [-0.4, -0.2) is 43.3 Å². The minimum atomic E-state index is -4.22. The third kappa shape index (κ3) is 5.11. The fourth-order valence-electron chi connectivity index (χ4n) is 3.51. The Morgan fingerprint density at radius 2 is 1.74 bits per heavy atom. The van der Waals surface area contributed by atoms with Crippen molar-refractivity contribution < 1.29 is 27.1 Å². The quantitative estimate of drug-likeness (QED) is 0.658. The van der Waals surface area contributed by atoms with Gasteiger partial charge in [0.15, 0.2) is 6.10 Å². The lowest BCUT2D eigenvalue weighted by Gasteiger charge is -2.24. The smallest absolute Gasteiger partial charge is 0.325 e. The average molecular weight is 449 g/mol. The van der Waals surface area contributed by atoms with Gasteiger partial charge in [0.05, 0.1) is 6.04 Å². The molecule has 0 aliphatic carbocycles. The van der Waals surface area contributed by atoms with E-state index in [1.807, 2.05) is 37.3 Å². The van der Waals surface area contributed by atoms with E-state index in [0.29, 0.717) is 6.42 Å². The van der Waals surface area contributed by atoms with Crippen LogP contribution >= 0.6 is 0 Å². The van der Waals surface area contributed by atoms with Gasteiger partial charge in [-0.25, -0.2) is 12.8 Å². The number of hydrogen-bond donors (Lipinski definition) is 1. The molecule has 3 atom stereocenters. The fourth-order valence-corrected chi connectivity index (χ4v) is 5.22. The van der Waals surface area contributed by atoms with Crippen molar-refractivity contribution in [1.82, 2.24) is 9.62 Å². The summed E-state index contributed by atoms with van der Waals surface area (Å²) in [4.78, 5) is 24.7. The molecule has 1 N–H and O–H groups in total. The third-order valence-electron chi connectivity index (χ3n) is 5.22. The number of amides is 1. The van der Waals surface area contributed by atoms with Crippen LogP contribution in [0.15, 0.2) is 59.5 Å². The molecular weight excluding hydrogens is 423 g/mol. The van der Waals surface area contributed by atoms with E-state index in [4.69, 9.17) is 4.74 Å². The molecule has 1 aliphatic rings. The number of rotatable bonds is 7. The number of esters is 1. The molecule has 1 fully saturated rings. The summed E-state index contributed by atoms with van der Waals surface area (Å²) in [6.07, 6.45) is -0.447. The SMILES string of the molecule is CC(OC(=O)C1CCCN1S(=O)(=O)c1ccccc1F)C(=O)NC(C)c1ccccc1. The van der Waals surface area contributed by atoms with Gasteiger partial charge in [0.2, 0.25) is 10.0 Å². The standard InChI is InChI=1S/C22H25FN2O5S/c1-15(17-9-4-3-5-10-17)24-21(26)16(2)30-22(27)19-12-8-14-25(19)31(28,29)20-13-7-6-11-18(20)23/h3-7,9-11,13,15-16,19H,8,12,14H2,1-2H3,(H,24,26). The highest BCUT2D eigenvalue weighted by Crippen LogP contribution is 2.28. The summed E-state index contributed by atoms with van der Waals surface area (Å²) in [5.74, 6) is -2.21. The second-order valence-electron chi connectivity index (χ2n) is 7.42. The number of benzene rings is 2. The van der Waals surface area contributed by atoms with Crippen LogP contribution in [-0.2, 0) is 24.3 Å². The van der Waals surface area contributed by atoms with Crippen LogP contribution in [0.4, 0.5) is 4.39 Å². The molecule has 1 heterocycles. The molecule has 31 heavy (non-hydrogen) atoms. The number of ether oxygens (including phenoxy) is 1. The van der Waals surface area contributed by atoms with E-state index >= 15 is 0 Å². The number of nitrogens with one attached hydrogen (secondary N) is 1. The number of carbonyl (C=O) groups is 2. The van der Waals surface area contributed by atoms with Crippen molar-refractivity contribution in [3.05, 3.63) is 66.0 Å². The molecule has 2 aromatic rings. The highest BCUT2D eigenvalue weighted by atomic mass is 32.2. The van der Waals surface area contributed by atoms with Gasteiger partial charge in [-0.05, 0) is 44.4 Å². The summed E-state index contributed by atoms with van der Waals surface area (Å²) < 4.78 is 46.1. The lowest BCUT2D eigenvalue weighted by Crippen LogP contribution is -2.44. The Morgan fingerprint density at radius 3 is 2.42 bits per heavy atom. The first-order chi connectivity index (χ1) is 14.7. The molecule has 7 nitrogen and oxygen atoms in total. The number of nitrogens with zero attached hydrogens (tertiary/aromatic N) is 1. The molecule has 1 aliphatic heterocycles. The van der Waals surface area contributed by atoms with Gasteiger partial charge in [0.25, 0.3) is 5.91 Å². The molecule has 1 amide bonds. The van der Waals surface area contributed by atoms with Gasteiger partial charge in [0.1, 0.15) is 16.8 Å². The summed E-state index contributed by atoms with van der Waals surface area (Å²) in [7, 11) is -4.22. The van der Waals surface area contributed by atoms with Gasteiger partial charge >= 0.3 is 5.97 Å². The number of hydrogen-bond acceptors (Lipinski definition) is 5. The van der Waals surface area contributed by atoms with Crippen molar-refractivity contribution in [3.8, 4) is 0 Å². The lowest BCUT2D eigenvalue weighted by atomic mass is 10.1. The predicted molar refractivity (Wildman–Crippen MR) is 112 cm³/mol. The van der Waals surface area contributed by atoms with E-state index in [1.165, 1.54) is 19.1 Å². The van der Waals surface area contributed by atoms with Crippen molar-refractivity contribution in [3.63, 3.8) is 0 Å². The van der Waals surface area contributed by atoms with Crippen LogP contribution in [0, 0.1) is 5.82 Å². The van der Waals surface area contributed by atoms with Crippen molar-refractivity contribution in [2.75, 3.05) is 6.54 Å². The maximum absolute atomic E-state index is 14.1. The Labute approximate surface area is 181 Å². The molecule has 2 aromatic carbocycles. The van der Waals surface area contributed by atoms with Crippen molar-refractivity contribution in [2.24, 2.45) is 0 Å². The van der Waals surface area contributed by atoms with Gasteiger partial charge in [-0.15, -0.1) is 0 Å². The van der Waals surface area contributed by atoms with E-state index < -0.39 is 44.8 Å². The number of carbonyl (C=O) groups excluding carboxylic acids is 2. The molecular formula is C22H25FN2O5S. The fraction of sp³-hybridized carbons (Fsp3) is 0.364. The van der Waals surface area contributed by atoms with Crippen LogP contribution in [0.1, 0.15) is 38.3 Å². The van der Waals surface area contributed by atoms with Gasteiger partial charge in [-0.2, -0.15) is 4.31 Å². The van der Waals surface area contributed by atoms with Gasteiger partial charge in [-0.3, -0.25) is 9.59 Å². The van der Waals surface area contributed by atoms with Crippen LogP contribution in [0.2, 0.25) is 0 Å². The molecule has 1 saturated heterocycles. The molecule has 166 valence electrons. The van der Waals surface area contributed by atoms with Gasteiger partial charge in [0, 0.05) is 6.54 Å². The van der Waals surface area contributed by atoms with Crippen LogP contribution < -0.4 is 5.32 Å². The molecule has 3 unspecified atom stereocenters. The summed E-state index contributed by atoms with van der Waals surface area (Å²) in [6.45, 7) is 3.30. The summed E-state index contributed by atoms with van der Waals surface area (Å²) in [5, 5.41) is 2.77. The van der Waals surface area contributed by atoms with Gasteiger partial charge < -0.3 is 10.1 Å². The normalized spacial score (nSPS) is 18.9. The molecule has 3 rings (SSSR count). The maximum Gasteiger partial charge on any atom is 0.325 e. The topological polar surface area (TPSA) is 92.8 Å². The number of halogens is 1. The monoisotopic (exact) mass is 448 g/mol. The van der Waals surface area contributed by atoms with E-state index in [9.17, 15) is 22.4 Å². The summed E-state index contributed by atoms with van der Waals surface area (Å²) in [6, 6.07) is 12.9. The first kappa shape index (κ1) is 22.9. The second-order valence-corrected chi connectivity index (χ2v) is 9.28. The lowest BCUT2D eigenvalue weighted by molar-refractivity contribution is -0.158. The highest BCUT2D eigenvalue weighted by molar-refractivity contribution is 7.89. The van der Waals surface area contributed by atoms with E-state index in [0.717, 1.165) is 22.0 Å². The average Bonchev–Trinajstić information content (AvgIpc) is 3.25. The zero-order valence-corrected chi connectivity index (χ0v) is 18.1. The molecule has 9 heteroatoms. The van der Waals surface area contributed by atoms with Crippen molar-refractivity contribution in [2.45, 2.75) is 49.8 Å². The largest absolute Gasteiger partial charge is 0.451 e. The van der Waals surface area contributed by atoms with Gasteiger partial charge in [-0.1, -0.05) is 42.5 Å². The van der Waals surface area contributed by atoms with Crippen LogP contribution in [0.25, 0.3) is 0 Å². The molecule has 0 radical (unpaired) electrons. The summed E-state index contributed by atoms with van der Waals surface area (Å²) >= 11 is 0. The predicted octanol–water partition coefficient (Wildman–Crippen LogP) is 2.79. The Balaban J connectivity index is 1.66.